The molecule has 2 N–H and O–H groups in total. The molecule has 0 aliphatic rings. The van der Waals surface area contributed by atoms with Crippen molar-refractivity contribution >= 4 is 12.4 Å². The number of para-hydroxylation sites is 2. The SMILES string of the molecule is CC(C)=CCC/C(C)=C/CC/C(C)=C/C(N=Cc1ccccc1O)C(/C=C(\C)CC/C=C(\C)CCC=C(C)C)N=Cc1ccccc1O. The molecule has 0 saturated heterocycles. The summed E-state index contributed by atoms with van der Waals surface area (Å²) in [6.45, 7) is 17.4. The van der Waals surface area contributed by atoms with E-state index in [-0.39, 0.29) is 23.6 Å². The van der Waals surface area contributed by atoms with Gasteiger partial charge in [-0.2, -0.15) is 0 Å². The van der Waals surface area contributed by atoms with Gasteiger partial charge >= 0.3 is 0 Å². The molecule has 4 nitrogen and oxygen atoms in total. The van der Waals surface area contributed by atoms with Crippen molar-refractivity contribution in [1.82, 2.24) is 0 Å². The number of hydrogen-bond acceptors (Lipinski definition) is 4. The summed E-state index contributed by atoms with van der Waals surface area (Å²) in [5.41, 5.74) is 9.38. The Balaban J connectivity index is 2.41. The maximum atomic E-state index is 10.5. The second kappa shape index (κ2) is 22.4. The van der Waals surface area contributed by atoms with E-state index >= 15 is 0 Å². The Morgan fingerprint density at radius 3 is 1.19 bits per heavy atom. The van der Waals surface area contributed by atoms with Crippen molar-refractivity contribution in [3.63, 3.8) is 0 Å². The average molecular weight is 649 g/mol. The molecule has 2 unspecified atom stereocenters. The second-order valence-electron chi connectivity index (χ2n) is 13.5. The lowest BCUT2D eigenvalue weighted by molar-refractivity contribution is 0.474. The minimum atomic E-state index is -0.300. The van der Waals surface area contributed by atoms with Crippen molar-refractivity contribution < 1.29 is 10.2 Å². The van der Waals surface area contributed by atoms with E-state index in [4.69, 9.17) is 9.98 Å². The summed E-state index contributed by atoms with van der Waals surface area (Å²) >= 11 is 0. The number of benzene rings is 2. The van der Waals surface area contributed by atoms with E-state index in [0.717, 1.165) is 51.4 Å². The Morgan fingerprint density at radius 1 is 0.500 bits per heavy atom. The molecule has 4 heteroatoms. The van der Waals surface area contributed by atoms with Gasteiger partial charge in [-0.3, -0.25) is 9.98 Å². The lowest BCUT2D eigenvalue weighted by Crippen LogP contribution is -2.20. The fraction of sp³-hybridized carbons (Fsp3) is 0.409. The van der Waals surface area contributed by atoms with Crippen LogP contribution in [0.3, 0.4) is 0 Å². The lowest BCUT2D eigenvalue weighted by atomic mass is 9.99. The predicted molar refractivity (Wildman–Crippen MR) is 210 cm³/mol. The third-order valence-electron chi connectivity index (χ3n) is 8.15. The number of allylic oxidation sites excluding steroid dienone is 10. The number of aliphatic imine (C=N–C) groups is 2. The van der Waals surface area contributed by atoms with Crippen LogP contribution in [0.4, 0.5) is 0 Å². The van der Waals surface area contributed by atoms with Crippen LogP contribution in [0.15, 0.2) is 128 Å². The summed E-state index contributed by atoms with van der Waals surface area (Å²) in [4.78, 5) is 10.0. The molecule has 0 aliphatic heterocycles. The Bertz CT molecular complexity index is 1410. The maximum absolute atomic E-state index is 10.5. The summed E-state index contributed by atoms with van der Waals surface area (Å²) in [6.07, 6.45) is 25.3. The molecule has 2 aromatic rings. The Hall–Kier alpha value is -4.18. The van der Waals surface area contributed by atoms with Crippen LogP contribution in [-0.4, -0.2) is 34.7 Å². The number of hydrogen-bond donors (Lipinski definition) is 2. The first-order valence-corrected chi connectivity index (χ1v) is 17.5. The third-order valence-corrected chi connectivity index (χ3v) is 8.15. The molecule has 2 rings (SSSR count). The fourth-order valence-electron chi connectivity index (χ4n) is 5.21. The van der Waals surface area contributed by atoms with Gasteiger partial charge in [0, 0.05) is 23.6 Å². The first-order valence-electron chi connectivity index (χ1n) is 17.5. The Morgan fingerprint density at radius 2 is 0.833 bits per heavy atom. The summed E-state index contributed by atoms with van der Waals surface area (Å²) < 4.78 is 0. The highest BCUT2D eigenvalue weighted by molar-refractivity contribution is 5.84. The smallest absolute Gasteiger partial charge is 0.124 e. The topological polar surface area (TPSA) is 65.2 Å². The normalized spacial score (nSPS) is 14.4. The monoisotopic (exact) mass is 648 g/mol. The molecule has 0 amide bonds. The van der Waals surface area contributed by atoms with E-state index in [1.807, 2.05) is 36.4 Å². The molecule has 2 aromatic carbocycles. The zero-order chi connectivity index (χ0) is 35.3. The van der Waals surface area contributed by atoms with E-state index in [9.17, 15) is 10.2 Å². The molecule has 0 aliphatic carbocycles. The molecule has 2 atom stereocenters. The van der Waals surface area contributed by atoms with Gasteiger partial charge in [0.25, 0.3) is 0 Å². The molecule has 0 spiro atoms. The summed E-state index contributed by atoms with van der Waals surface area (Å²) in [7, 11) is 0. The first-order chi connectivity index (χ1) is 22.9. The van der Waals surface area contributed by atoms with Crippen LogP contribution in [0.1, 0.15) is 118 Å². The quantitative estimate of drug-likeness (QED) is 0.118. The van der Waals surface area contributed by atoms with Crippen molar-refractivity contribution in [1.29, 1.82) is 0 Å². The highest BCUT2D eigenvalue weighted by Crippen LogP contribution is 2.21. The highest BCUT2D eigenvalue weighted by atomic mass is 16.3. The molecule has 48 heavy (non-hydrogen) atoms. The molecular weight excluding hydrogens is 588 g/mol. The van der Waals surface area contributed by atoms with Crippen molar-refractivity contribution in [2.75, 3.05) is 0 Å². The zero-order valence-electron chi connectivity index (χ0n) is 30.8. The number of phenolic OH excluding ortho intramolecular Hbond substituents is 2. The molecule has 0 saturated carbocycles. The minimum Gasteiger partial charge on any atom is -0.507 e. The van der Waals surface area contributed by atoms with E-state index < -0.39 is 0 Å². The van der Waals surface area contributed by atoms with Crippen molar-refractivity contribution in [2.45, 2.75) is 119 Å². The average Bonchev–Trinajstić information content (AvgIpc) is 3.02. The van der Waals surface area contributed by atoms with Gasteiger partial charge in [0.05, 0.1) is 12.1 Å². The lowest BCUT2D eigenvalue weighted by Gasteiger charge is -2.18. The molecule has 0 fully saturated rings. The van der Waals surface area contributed by atoms with Gasteiger partial charge in [-0.15, -0.1) is 0 Å². The third kappa shape index (κ3) is 17.1. The molecule has 0 aromatic heterocycles. The van der Waals surface area contributed by atoms with Crippen molar-refractivity contribution in [3.8, 4) is 11.5 Å². The van der Waals surface area contributed by atoms with Gasteiger partial charge in [-0.05, 0) is 131 Å². The molecule has 0 heterocycles. The van der Waals surface area contributed by atoms with Crippen LogP contribution in [0.5, 0.6) is 11.5 Å². The van der Waals surface area contributed by atoms with E-state index in [1.165, 1.54) is 33.4 Å². The number of aromatic hydroxyl groups is 2. The van der Waals surface area contributed by atoms with Gasteiger partial charge in [0.1, 0.15) is 11.5 Å². The molecule has 258 valence electrons. The molecule has 0 radical (unpaired) electrons. The van der Waals surface area contributed by atoms with Gasteiger partial charge in [-0.25, -0.2) is 0 Å². The minimum absolute atomic E-state index is 0.196. The van der Waals surface area contributed by atoms with Crippen LogP contribution in [0.2, 0.25) is 0 Å². The Labute approximate surface area is 291 Å². The second-order valence-corrected chi connectivity index (χ2v) is 13.5. The van der Waals surface area contributed by atoms with Crippen LogP contribution < -0.4 is 0 Å². The van der Waals surface area contributed by atoms with E-state index in [1.54, 1.807) is 24.6 Å². The standard InChI is InChI=1S/C44H60N2O2/c1-33(2)17-13-19-35(5)21-15-23-37(7)29-41(45-31-39-25-9-11-27-43(39)47)42(46-32-40-26-10-12-28-44(40)48)30-38(8)24-16-22-36(6)20-14-18-34(3)4/h9-12,17-18,21-22,25-32,41-42,47-48H,13-16,19-20,23-24H2,1-8H3/b35-21+,36-22+,37-29+,38-30+,45-31?,46-32?. The van der Waals surface area contributed by atoms with E-state index in [0.29, 0.717) is 11.1 Å². The number of nitrogens with zero attached hydrogens (tertiary/aromatic N) is 2. The summed E-state index contributed by atoms with van der Waals surface area (Å²) in [6, 6.07) is 13.9. The zero-order valence-corrected chi connectivity index (χ0v) is 30.8. The number of rotatable bonds is 19. The highest BCUT2D eigenvalue weighted by Gasteiger charge is 2.17. The van der Waals surface area contributed by atoms with Crippen LogP contribution in [-0.2, 0) is 0 Å². The predicted octanol–water partition coefficient (Wildman–Crippen LogP) is 12.2. The van der Waals surface area contributed by atoms with Crippen molar-refractivity contribution in [2.24, 2.45) is 9.98 Å². The molecule has 0 bridgehead atoms. The van der Waals surface area contributed by atoms with Gasteiger partial charge < -0.3 is 10.2 Å². The van der Waals surface area contributed by atoms with Crippen LogP contribution in [0, 0.1) is 0 Å². The molecular formula is C44H60N2O2. The summed E-state index contributed by atoms with van der Waals surface area (Å²) in [5.74, 6) is 0.393. The Kier molecular flexibility index (Phi) is 18.7. The van der Waals surface area contributed by atoms with E-state index in [2.05, 4.69) is 91.8 Å². The fourth-order valence-corrected chi connectivity index (χ4v) is 5.21. The number of phenols is 2. The van der Waals surface area contributed by atoms with Gasteiger partial charge in [0.2, 0.25) is 0 Å². The van der Waals surface area contributed by atoms with Gasteiger partial charge in [-0.1, -0.05) is 94.2 Å². The van der Waals surface area contributed by atoms with Crippen molar-refractivity contribution in [3.05, 3.63) is 130 Å². The maximum Gasteiger partial charge on any atom is 0.124 e. The first kappa shape index (κ1) is 40.0. The largest absolute Gasteiger partial charge is 0.507 e. The summed E-state index contributed by atoms with van der Waals surface area (Å²) in [5, 5.41) is 20.9. The van der Waals surface area contributed by atoms with Crippen LogP contribution >= 0.6 is 0 Å². The van der Waals surface area contributed by atoms with Crippen LogP contribution in [0.25, 0.3) is 0 Å². The van der Waals surface area contributed by atoms with Gasteiger partial charge in [0.15, 0.2) is 0 Å².